The Morgan fingerprint density at radius 2 is 2.31 bits per heavy atom. The van der Waals surface area contributed by atoms with E-state index < -0.39 is 0 Å². The van der Waals surface area contributed by atoms with Crippen molar-refractivity contribution < 1.29 is 5.11 Å². The molecule has 0 aliphatic rings. The predicted octanol–water partition coefficient (Wildman–Crippen LogP) is 1.41. The molecular weight excluding hydrogens is 164 g/mol. The number of benzene rings is 1. The number of nitrogens with one attached hydrogen (secondary N) is 1. The van der Waals surface area contributed by atoms with Gasteiger partial charge in [0.25, 0.3) is 0 Å². The third kappa shape index (κ3) is 1.31. The summed E-state index contributed by atoms with van der Waals surface area (Å²) in [6, 6.07) is 6.01. The molecule has 0 bridgehead atoms. The van der Waals surface area contributed by atoms with E-state index >= 15 is 0 Å². The monoisotopic (exact) mass is 176 g/mol. The van der Waals surface area contributed by atoms with Crippen molar-refractivity contribution in [1.29, 1.82) is 0 Å². The highest BCUT2D eigenvalue weighted by molar-refractivity contribution is 5.84. The highest BCUT2D eigenvalue weighted by Crippen LogP contribution is 2.19. The number of aromatic amines is 1. The number of aryl methyl sites for hydroxylation is 1. The molecule has 0 saturated carbocycles. The molecular formula is C10H12N2O. The molecule has 0 amide bonds. The quantitative estimate of drug-likeness (QED) is 0.726. The molecule has 0 saturated heterocycles. The number of aliphatic hydroxyl groups is 1. The van der Waals surface area contributed by atoms with Gasteiger partial charge in [0.1, 0.15) is 0 Å². The molecule has 0 unspecified atom stereocenters. The van der Waals surface area contributed by atoms with Crippen LogP contribution in [0.1, 0.15) is 11.3 Å². The minimum atomic E-state index is 0.158. The van der Waals surface area contributed by atoms with Crippen LogP contribution in [0.15, 0.2) is 18.2 Å². The maximum absolute atomic E-state index is 8.84. The SMILES string of the molecule is Cc1cccc2n[nH]c(CCO)c12. The lowest BCUT2D eigenvalue weighted by molar-refractivity contribution is 0.298. The summed E-state index contributed by atoms with van der Waals surface area (Å²) in [4.78, 5) is 0. The summed E-state index contributed by atoms with van der Waals surface area (Å²) in [5.41, 5.74) is 3.20. The summed E-state index contributed by atoms with van der Waals surface area (Å²) in [5.74, 6) is 0. The summed E-state index contributed by atoms with van der Waals surface area (Å²) in [5, 5.41) is 17.1. The molecule has 0 spiro atoms. The molecule has 3 heteroatoms. The Morgan fingerprint density at radius 3 is 3.08 bits per heavy atom. The fourth-order valence-corrected chi connectivity index (χ4v) is 1.61. The Kier molecular flexibility index (Phi) is 2.02. The standard InChI is InChI=1S/C10H12N2O/c1-7-3-2-4-8-10(7)9(5-6-13)12-11-8/h2-4,13H,5-6H2,1H3,(H,11,12). The van der Waals surface area contributed by atoms with Gasteiger partial charge in [0.15, 0.2) is 0 Å². The molecule has 0 fully saturated rings. The van der Waals surface area contributed by atoms with Crippen molar-refractivity contribution in [2.24, 2.45) is 0 Å². The van der Waals surface area contributed by atoms with Gasteiger partial charge in [-0.15, -0.1) is 0 Å². The van der Waals surface area contributed by atoms with E-state index in [2.05, 4.69) is 23.2 Å². The van der Waals surface area contributed by atoms with Crippen molar-refractivity contribution >= 4 is 10.9 Å². The molecule has 3 nitrogen and oxygen atoms in total. The van der Waals surface area contributed by atoms with Gasteiger partial charge in [0, 0.05) is 24.1 Å². The van der Waals surface area contributed by atoms with E-state index in [1.54, 1.807) is 0 Å². The summed E-state index contributed by atoms with van der Waals surface area (Å²) >= 11 is 0. The van der Waals surface area contributed by atoms with E-state index in [0.29, 0.717) is 6.42 Å². The lowest BCUT2D eigenvalue weighted by Gasteiger charge is -1.97. The van der Waals surface area contributed by atoms with Crippen LogP contribution in [0.3, 0.4) is 0 Å². The fourth-order valence-electron chi connectivity index (χ4n) is 1.61. The van der Waals surface area contributed by atoms with Gasteiger partial charge in [0.05, 0.1) is 5.52 Å². The van der Waals surface area contributed by atoms with Gasteiger partial charge in [-0.05, 0) is 18.6 Å². The number of nitrogens with zero attached hydrogens (tertiary/aromatic N) is 1. The molecule has 2 N–H and O–H groups in total. The van der Waals surface area contributed by atoms with Gasteiger partial charge in [-0.25, -0.2) is 0 Å². The molecule has 0 aliphatic heterocycles. The second kappa shape index (κ2) is 3.18. The summed E-state index contributed by atoms with van der Waals surface area (Å²) in [6.45, 7) is 2.21. The average Bonchev–Trinajstić information content (AvgIpc) is 2.51. The van der Waals surface area contributed by atoms with Gasteiger partial charge in [-0.2, -0.15) is 5.10 Å². The third-order valence-electron chi connectivity index (χ3n) is 2.23. The summed E-state index contributed by atoms with van der Waals surface area (Å²) in [7, 11) is 0. The van der Waals surface area contributed by atoms with Crippen LogP contribution in [-0.2, 0) is 6.42 Å². The van der Waals surface area contributed by atoms with Gasteiger partial charge in [0.2, 0.25) is 0 Å². The number of fused-ring (bicyclic) bond motifs is 1. The number of H-pyrrole nitrogens is 1. The Labute approximate surface area is 76.4 Å². The molecule has 0 atom stereocenters. The molecule has 68 valence electrons. The molecule has 1 heterocycles. The molecule has 2 rings (SSSR count). The van der Waals surface area contributed by atoms with Crippen LogP contribution in [0.25, 0.3) is 10.9 Å². The maximum Gasteiger partial charge on any atom is 0.0926 e. The Balaban J connectivity index is 2.64. The topological polar surface area (TPSA) is 48.9 Å². The molecule has 1 aromatic carbocycles. The van der Waals surface area contributed by atoms with Crippen LogP contribution < -0.4 is 0 Å². The van der Waals surface area contributed by atoms with E-state index in [4.69, 9.17) is 5.11 Å². The van der Waals surface area contributed by atoms with Crippen molar-refractivity contribution in [2.45, 2.75) is 13.3 Å². The Hall–Kier alpha value is -1.35. The first kappa shape index (κ1) is 8.26. The molecule has 0 radical (unpaired) electrons. The maximum atomic E-state index is 8.84. The first-order valence-electron chi connectivity index (χ1n) is 4.36. The number of aromatic nitrogens is 2. The van der Waals surface area contributed by atoms with Crippen molar-refractivity contribution in [2.75, 3.05) is 6.61 Å². The molecule has 0 aliphatic carbocycles. The van der Waals surface area contributed by atoms with Gasteiger partial charge >= 0.3 is 0 Å². The smallest absolute Gasteiger partial charge is 0.0926 e. The zero-order valence-corrected chi connectivity index (χ0v) is 7.54. The van der Waals surface area contributed by atoms with Crippen molar-refractivity contribution in [1.82, 2.24) is 10.2 Å². The van der Waals surface area contributed by atoms with Gasteiger partial charge in [-0.3, -0.25) is 5.10 Å². The number of hydrogen-bond acceptors (Lipinski definition) is 2. The first-order chi connectivity index (χ1) is 6.33. The largest absolute Gasteiger partial charge is 0.396 e. The Morgan fingerprint density at radius 1 is 1.46 bits per heavy atom. The minimum absolute atomic E-state index is 0.158. The van der Waals surface area contributed by atoms with E-state index in [1.807, 2.05) is 12.1 Å². The average molecular weight is 176 g/mol. The predicted molar refractivity (Wildman–Crippen MR) is 51.6 cm³/mol. The van der Waals surface area contributed by atoms with E-state index in [1.165, 1.54) is 5.56 Å². The zero-order chi connectivity index (χ0) is 9.26. The van der Waals surface area contributed by atoms with Crippen molar-refractivity contribution in [3.05, 3.63) is 29.5 Å². The lowest BCUT2D eigenvalue weighted by atomic mass is 10.1. The zero-order valence-electron chi connectivity index (χ0n) is 7.54. The van der Waals surface area contributed by atoms with Crippen LogP contribution in [0.4, 0.5) is 0 Å². The number of aliphatic hydroxyl groups excluding tert-OH is 1. The number of rotatable bonds is 2. The second-order valence-corrected chi connectivity index (χ2v) is 3.14. The molecule has 1 aromatic heterocycles. The van der Waals surface area contributed by atoms with Gasteiger partial charge in [-0.1, -0.05) is 12.1 Å². The van der Waals surface area contributed by atoms with Crippen molar-refractivity contribution in [3.63, 3.8) is 0 Å². The van der Waals surface area contributed by atoms with Crippen LogP contribution >= 0.6 is 0 Å². The minimum Gasteiger partial charge on any atom is -0.396 e. The molecule has 2 aromatic rings. The lowest BCUT2D eigenvalue weighted by Crippen LogP contribution is -1.91. The van der Waals surface area contributed by atoms with E-state index in [9.17, 15) is 0 Å². The van der Waals surface area contributed by atoms with Crippen molar-refractivity contribution in [3.8, 4) is 0 Å². The van der Waals surface area contributed by atoms with Crippen LogP contribution in [0, 0.1) is 6.92 Å². The van der Waals surface area contributed by atoms with Crippen LogP contribution in [0.2, 0.25) is 0 Å². The van der Waals surface area contributed by atoms with Crippen LogP contribution in [-0.4, -0.2) is 21.9 Å². The second-order valence-electron chi connectivity index (χ2n) is 3.14. The van der Waals surface area contributed by atoms with E-state index in [0.717, 1.165) is 16.6 Å². The van der Waals surface area contributed by atoms with E-state index in [-0.39, 0.29) is 6.61 Å². The Bertz CT molecular complexity index is 420. The fraction of sp³-hybridized carbons (Fsp3) is 0.300. The summed E-state index contributed by atoms with van der Waals surface area (Å²) in [6.07, 6.45) is 0.640. The highest BCUT2D eigenvalue weighted by atomic mass is 16.3. The normalized spacial score (nSPS) is 10.9. The highest BCUT2D eigenvalue weighted by Gasteiger charge is 2.05. The first-order valence-corrected chi connectivity index (χ1v) is 4.36. The summed E-state index contributed by atoms with van der Waals surface area (Å²) < 4.78 is 0. The number of hydrogen-bond donors (Lipinski definition) is 2. The van der Waals surface area contributed by atoms with Crippen LogP contribution in [0.5, 0.6) is 0 Å². The molecule has 13 heavy (non-hydrogen) atoms. The van der Waals surface area contributed by atoms with Gasteiger partial charge < -0.3 is 5.11 Å². The third-order valence-corrected chi connectivity index (χ3v) is 2.23.